The SMILES string of the molecule is COC(=O)/C(=C/c1c(Cl)cccc1Cl)C(=O)CCc1ccccc1I. The molecule has 0 unspecified atom stereocenters. The number of halogens is 3. The zero-order valence-corrected chi connectivity index (χ0v) is 17.1. The molecule has 0 amide bonds. The third kappa shape index (κ3) is 5.30. The molecule has 0 radical (unpaired) electrons. The molecule has 130 valence electrons. The molecule has 2 aromatic carbocycles. The second-order valence-corrected chi connectivity index (χ2v) is 7.18. The molecule has 0 aliphatic carbocycles. The van der Waals surface area contributed by atoms with E-state index in [-0.39, 0.29) is 17.8 Å². The molecule has 0 heterocycles. The first kappa shape index (κ1) is 19.9. The lowest BCUT2D eigenvalue weighted by Crippen LogP contribution is -2.15. The Morgan fingerprint density at radius 2 is 1.72 bits per heavy atom. The van der Waals surface area contributed by atoms with Gasteiger partial charge in [-0.3, -0.25) is 4.79 Å². The zero-order valence-electron chi connectivity index (χ0n) is 13.4. The van der Waals surface area contributed by atoms with Gasteiger partial charge in [-0.05, 0) is 58.9 Å². The Balaban J connectivity index is 2.28. The fraction of sp³-hybridized carbons (Fsp3) is 0.158. The second-order valence-electron chi connectivity index (χ2n) is 5.20. The zero-order chi connectivity index (χ0) is 18.4. The van der Waals surface area contributed by atoms with Crippen LogP contribution in [0.5, 0.6) is 0 Å². The van der Waals surface area contributed by atoms with Crippen molar-refractivity contribution in [3.8, 4) is 0 Å². The van der Waals surface area contributed by atoms with Gasteiger partial charge >= 0.3 is 5.97 Å². The van der Waals surface area contributed by atoms with Crippen molar-refractivity contribution in [3.05, 3.63) is 72.8 Å². The van der Waals surface area contributed by atoms with Gasteiger partial charge in [-0.1, -0.05) is 47.5 Å². The summed E-state index contributed by atoms with van der Waals surface area (Å²) in [5.41, 5.74) is 1.41. The lowest BCUT2D eigenvalue weighted by molar-refractivity contribution is -0.137. The van der Waals surface area contributed by atoms with Gasteiger partial charge in [-0.25, -0.2) is 4.79 Å². The summed E-state index contributed by atoms with van der Waals surface area (Å²) in [7, 11) is 1.23. The molecule has 0 fully saturated rings. The predicted molar refractivity (Wildman–Crippen MR) is 109 cm³/mol. The van der Waals surface area contributed by atoms with E-state index in [1.165, 1.54) is 13.2 Å². The molecule has 0 aromatic heterocycles. The first-order valence-corrected chi connectivity index (χ1v) is 9.28. The number of carbonyl (C=O) groups is 2. The number of Topliss-reactive ketones (excluding diaryl/α,β-unsaturated/α-hetero) is 1. The third-order valence-electron chi connectivity index (χ3n) is 3.57. The van der Waals surface area contributed by atoms with Gasteiger partial charge in [0.25, 0.3) is 0 Å². The summed E-state index contributed by atoms with van der Waals surface area (Å²) in [6.45, 7) is 0. The number of hydrogen-bond donors (Lipinski definition) is 0. The fourth-order valence-electron chi connectivity index (χ4n) is 2.24. The first-order valence-electron chi connectivity index (χ1n) is 7.44. The van der Waals surface area contributed by atoms with Crippen LogP contribution < -0.4 is 0 Å². The Kier molecular flexibility index (Phi) is 7.47. The van der Waals surface area contributed by atoms with Crippen LogP contribution in [0.4, 0.5) is 0 Å². The maximum Gasteiger partial charge on any atom is 0.341 e. The van der Waals surface area contributed by atoms with E-state index >= 15 is 0 Å². The van der Waals surface area contributed by atoms with Crippen LogP contribution in [0.3, 0.4) is 0 Å². The molecule has 6 heteroatoms. The van der Waals surface area contributed by atoms with Gasteiger partial charge in [0.15, 0.2) is 5.78 Å². The Bertz CT molecular complexity index is 811. The first-order chi connectivity index (χ1) is 11.9. The quantitative estimate of drug-likeness (QED) is 0.181. The summed E-state index contributed by atoms with van der Waals surface area (Å²) in [6, 6.07) is 12.8. The lowest BCUT2D eigenvalue weighted by Gasteiger charge is -2.08. The number of ether oxygens (including phenoxy) is 1. The third-order valence-corrected chi connectivity index (χ3v) is 5.28. The number of aryl methyl sites for hydroxylation is 1. The number of carbonyl (C=O) groups excluding carboxylic acids is 2. The standard InChI is InChI=1S/C19H15Cl2IO3/c1-25-19(24)14(11-13-15(20)6-4-7-16(13)21)18(23)10-9-12-5-2-3-8-17(12)22/h2-8,11H,9-10H2,1H3/b14-11+. The number of rotatable bonds is 6. The highest BCUT2D eigenvalue weighted by atomic mass is 127. The molecule has 0 N–H and O–H groups in total. The Morgan fingerprint density at radius 3 is 2.32 bits per heavy atom. The molecule has 0 bridgehead atoms. The highest BCUT2D eigenvalue weighted by Crippen LogP contribution is 2.27. The van der Waals surface area contributed by atoms with Crippen molar-refractivity contribution in [2.75, 3.05) is 7.11 Å². The van der Waals surface area contributed by atoms with Gasteiger partial charge in [0, 0.05) is 25.6 Å². The molecule has 0 saturated carbocycles. The normalized spacial score (nSPS) is 11.3. The molecular weight excluding hydrogens is 474 g/mol. The van der Waals surface area contributed by atoms with E-state index in [1.54, 1.807) is 18.2 Å². The van der Waals surface area contributed by atoms with Crippen LogP contribution in [0.2, 0.25) is 10.0 Å². The van der Waals surface area contributed by atoms with Crippen molar-refractivity contribution < 1.29 is 14.3 Å². The summed E-state index contributed by atoms with van der Waals surface area (Å²) >= 11 is 14.5. The van der Waals surface area contributed by atoms with Crippen LogP contribution >= 0.6 is 45.8 Å². The number of hydrogen-bond acceptors (Lipinski definition) is 3. The fourth-order valence-corrected chi connectivity index (χ4v) is 3.40. The van der Waals surface area contributed by atoms with Crippen LogP contribution in [0, 0.1) is 3.57 Å². The molecule has 0 spiro atoms. The van der Waals surface area contributed by atoms with E-state index in [0.717, 1.165) is 9.13 Å². The van der Waals surface area contributed by atoms with Crippen molar-refractivity contribution in [2.45, 2.75) is 12.8 Å². The average molecular weight is 489 g/mol. The average Bonchev–Trinajstić information content (AvgIpc) is 2.60. The van der Waals surface area contributed by atoms with Crippen LogP contribution in [0.15, 0.2) is 48.0 Å². The van der Waals surface area contributed by atoms with E-state index < -0.39 is 5.97 Å². The Hall–Kier alpha value is -1.37. The van der Waals surface area contributed by atoms with E-state index in [2.05, 4.69) is 22.6 Å². The van der Waals surface area contributed by atoms with Gasteiger partial charge in [-0.15, -0.1) is 0 Å². The molecule has 0 atom stereocenters. The van der Waals surface area contributed by atoms with Crippen molar-refractivity contribution in [3.63, 3.8) is 0 Å². The van der Waals surface area contributed by atoms with Crippen LogP contribution in [0.25, 0.3) is 6.08 Å². The lowest BCUT2D eigenvalue weighted by atomic mass is 10.0. The van der Waals surface area contributed by atoms with Crippen molar-refractivity contribution in [1.82, 2.24) is 0 Å². The maximum atomic E-state index is 12.6. The van der Waals surface area contributed by atoms with E-state index in [1.807, 2.05) is 24.3 Å². The van der Waals surface area contributed by atoms with Gasteiger partial charge < -0.3 is 4.74 Å². The molecule has 0 aliphatic heterocycles. The van der Waals surface area contributed by atoms with Crippen molar-refractivity contribution >= 4 is 63.6 Å². The number of esters is 1. The minimum atomic E-state index is -0.705. The summed E-state index contributed by atoms with van der Waals surface area (Å²) in [5, 5.41) is 0.721. The van der Waals surface area contributed by atoms with Gasteiger partial charge in [-0.2, -0.15) is 0 Å². The smallest absolute Gasteiger partial charge is 0.341 e. The van der Waals surface area contributed by atoms with Gasteiger partial charge in [0.2, 0.25) is 0 Å². The topological polar surface area (TPSA) is 43.4 Å². The Morgan fingerprint density at radius 1 is 1.08 bits per heavy atom. The summed E-state index contributed by atoms with van der Waals surface area (Å²) in [5.74, 6) is -1.02. The van der Waals surface area contributed by atoms with Gasteiger partial charge in [0.05, 0.1) is 7.11 Å². The summed E-state index contributed by atoms with van der Waals surface area (Å²) in [6.07, 6.45) is 2.11. The Labute approximate surface area is 170 Å². The molecule has 0 saturated heterocycles. The monoisotopic (exact) mass is 488 g/mol. The molecule has 3 nitrogen and oxygen atoms in total. The second kappa shape index (κ2) is 9.36. The van der Waals surface area contributed by atoms with E-state index in [9.17, 15) is 9.59 Å². The highest BCUT2D eigenvalue weighted by Gasteiger charge is 2.20. The minimum absolute atomic E-state index is 0.0663. The largest absolute Gasteiger partial charge is 0.465 e. The van der Waals surface area contributed by atoms with E-state index in [4.69, 9.17) is 27.9 Å². The highest BCUT2D eigenvalue weighted by molar-refractivity contribution is 14.1. The van der Waals surface area contributed by atoms with Crippen molar-refractivity contribution in [2.24, 2.45) is 0 Å². The van der Waals surface area contributed by atoms with E-state index in [0.29, 0.717) is 22.0 Å². The molecule has 25 heavy (non-hydrogen) atoms. The van der Waals surface area contributed by atoms with Crippen LogP contribution in [-0.2, 0) is 20.7 Å². The minimum Gasteiger partial charge on any atom is -0.465 e. The number of ketones is 1. The number of benzene rings is 2. The maximum absolute atomic E-state index is 12.6. The molecular formula is C19H15Cl2IO3. The molecule has 0 aliphatic rings. The van der Waals surface area contributed by atoms with Crippen LogP contribution in [-0.4, -0.2) is 18.9 Å². The summed E-state index contributed by atoms with van der Waals surface area (Å²) in [4.78, 5) is 24.7. The van der Waals surface area contributed by atoms with Crippen LogP contribution in [0.1, 0.15) is 17.5 Å². The van der Waals surface area contributed by atoms with Gasteiger partial charge in [0.1, 0.15) is 5.57 Å². The predicted octanol–water partition coefficient (Wildman–Crippen LogP) is 5.36. The van der Waals surface area contributed by atoms with Crippen molar-refractivity contribution in [1.29, 1.82) is 0 Å². The molecule has 2 rings (SSSR count). The molecule has 2 aromatic rings. The number of methoxy groups -OCH3 is 1. The summed E-state index contributed by atoms with van der Waals surface area (Å²) < 4.78 is 5.82.